The molecule has 0 bridgehead atoms. The number of methoxy groups -OCH3 is 1. The summed E-state index contributed by atoms with van der Waals surface area (Å²) in [6, 6.07) is 10.7. The minimum atomic E-state index is -0.318. The van der Waals surface area contributed by atoms with Gasteiger partial charge in [0.1, 0.15) is 5.82 Å². The molecule has 1 fully saturated rings. The maximum Gasteiger partial charge on any atom is 0.320 e. The lowest BCUT2D eigenvalue weighted by atomic mass is 10.3. The van der Waals surface area contributed by atoms with Gasteiger partial charge in [-0.3, -0.25) is 15.0 Å². The third-order valence-electron chi connectivity index (χ3n) is 4.82. The van der Waals surface area contributed by atoms with Crippen LogP contribution in [0.5, 0.6) is 0 Å². The molecule has 9 heteroatoms. The van der Waals surface area contributed by atoms with Gasteiger partial charge in [-0.05, 0) is 32.4 Å². The lowest BCUT2D eigenvalue weighted by Crippen LogP contribution is -2.40. The summed E-state index contributed by atoms with van der Waals surface area (Å²) >= 11 is 0. The number of para-hydroxylation sites is 1. The van der Waals surface area contributed by atoms with Crippen LogP contribution in [0, 0.1) is 0 Å². The van der Waals surface area contributed by atoms with Crippen LogP contribution in [0.25, 0.3) is 5.69 Å². The number of hydrogen-bond acceptors (Lipinski definition) is 5. The van der Waals surface area contributed by atoms with Gasteiger partial charge in [-0.25, -0.2) is 9.48 Å². The molecule has 0 aliphatic carbocycles. The Labute approximate surface area is 176 Å². The number of rotatable bonds is 8. The molecule has 9 nitrogen and oxygen atoms in total. The lowest BCUT2D eigenvalue weighted by molar-refractivity contribution is 0.0937. The van der Waals surface area contributed by atoms with Crippen LogP contribution in [0.3, 0.4) is 0 Å². The van der Waals surface area contributed by atoms with Gasteiger partial charge >= 0.3 is 6.03 Å². The van der Waals surface area contributed by atoms with Crippen LogP contribution < -0.4 is 16.0 Å². The number of benzene rings is 1. The number of hydrogen-bond donors (Lipinski definition) is 3. The van der Waals surface area contributed by atoms with Crippen molar-refractivity contribution >= 4 is 17.8 Å². The van der Waals surface area contributed by atoms with Crippen molar-refractivity contribution in [1.82, 2.24) is 25.3 Å². The van der Waals surface area contributed by atoms with Crippen LogP contribution in [-0.4, -0.2) is 72.1 Å². The predicted octanol–water partition coefficient (Wildman–Crippen LogP) is 1.85. The number of aromatic nitrogens is 2. The molecule has 1 atom stereocenters. The smallest absolute Gasteiger partial charge is 0.320 e. The number of nitrogens with one attached hydrogen (secondary N) is 3. The van der Waals surface area contributed by atoms with Crippen LogP contribution in [0.15, 0.2) is 36.4 Å². The fraction of sp³-hybridized carbons (Fsp3) is 0.476. The first kappa shape index (κ1) is 21.8. The number of anilines is 1. The number of likely N-dealkylation sites (tertiary alicyclic amines) is 1. The fourth-order valence-electron chi connectivity index (χ4n) is 3.40. The predicted molar refractivity (Wildman–Crippen MR) is 115 cm³/mol. The van der Waals surface area contributed by atoms with Crippen molar-refractivity contribution in [2.45, 2.75) is 32.4 Å². The second-order valence-electron chi connectivity index (χ2n) is 7.67. The Morgan fingerprint density at radius 2 is 2.03 bits per heavy atom. The first-order valence-electron chi connectivity index (χ1n) is 10.2. The number of carbonyl (C=O) groups is 2. The summed E-state index contributed by atoms with van der Waals surface area (Å²) in [5, 5.41) is 13.1. The van der Waals surface area contributed by atoms with Gasteiger partial charge in [0, 0.05) is 44.9 Å². The van der Waals surface area contributed by atoms with Gasteiger partial charge in [-0.2, -0.15) is 5.10 Å². The molecule has 3 N–H and O–H groups in total. The lowest BCUT2D eigenvalue weighted by Gasteiger charge is -2.16. The number of ether oxygens (including phenoxy) is 1. The zero-order chi connectivity index (χ0) is 21.5. The van der Waals surface area contributed by atoms with Crippen LogP contribution in [0.4, 0.5) is 10.6 Å². The number of urea groups is 1. The van der Waals surface area contributed by atoms with Crippen LogP contribution >= 0.6 is 0 Å². The molecule has 1 saturated heterocycles. The summed E-state index contributed by atoms with van der Waals surface area (Å²) in [5.41, 5.74) is 0.998. The van der Waals surface area contributed by atoms with Gasteiger partial charge in [0.05, 0.1) is 12.3 Å². The topological polar surface area (TPSA) is 101 Å². The van der Waals surface area contributed by atoms with Crippen molar-refractivity contribution in [2.24, 2.45) is 0 Å². The highest BCUT2D eigenvalue weighted by atomic mass is 16.5. The van der Waals surface area contributed by atoms with Crippen molar-refractivity contribution in [3.63, 3.8) is 0 Å². The van der Waals surface area contributed by atoms with E-state index < -0.39 is 0 Å². The second-order valence-corrected chi connectivity index (χ2v) is 7.67. The molecule has 30 heavy (non-hydrogen) atoms. The minimum Gasteiger partial charge on any atom is -0.383 e. The first-order chi connectivity index (χ1) is 14.5. The number of nitrogens with zero attached hydrogens (tertiary/aromatic N) is 3. The molecule has 0 radical (unpaired) electrons. The van der Waals surface area contributed by atoms with Crippen molar-refractivity contribution in [2.75, 3.05) is 38.7 Å². The Kier molecular flexibility index (Phi) is 7.42. The first-order valence-corrected chi connectivity index (χ1v) is 10.2. The standard InChI is InChI=1S/C21H30N6O3/c1-15(2)22-20(28)18-13-19(27(25-18)17-7-5-4-6-8-17)24-21(29)23-16-9-10-26(14-16)11-12-30-3/h4-8,13,15-16H,9-12,14H2,1-3H3,(H,22,28)(H2,23,24,29). The zero-order valence-corrected chi connectivity index (χ0v) is 17.7. The molecule has 1 aromatic carbocycles. The molecule has 1 aliphatic heterocycles. The van der Waals surface area contributed by atoms with Gasteiger partial charge in [-0.1, -0.05) is 18.2 Å². The van der Waals surface area contributed by atoms with Crippen molar-refractivity contribution < 1.29 is 14.3 Å². The van der Waals surface area contributed by atoms with E-state index in [1.807, 2.05) is 44.2 Å². The average Bonchev–Trinajstić information content (AvgIpc) is 3.33. The van der Waals surface area contributed by atoms with Crippen LogP contribution in [0.1, 0.15) is 30.8 Å². The molecule has 2 heterocycles. The fourth-order valence-corrected chi connectivity index (χ4v) is 3.40. The third kappa shape index (κ3) is 5.80. The van der Waals surface area contributed by atoms with E-state index in [4.69, 9.17) is 4.74 Å². The number of amides is 3. The van der Waals surface area contributed by atoms with Gasteiger partial charge in [0.15, 0.2) is 5.69 Å². The molecule has 2 aromatic rings. The normalized spacial score (nSPS) is 16.6. The maximum absolute atomic E-state index is 12.6. The van der Waals surface area contributed by atoms with Gasteiger partial charge < -0.3 is 15.4 Å². The molecule has 1 aliphatic rings. The highest BCUT2D eigenvalue weighted by molar-refractivity contribution is 5.95. The van der Waals surface area contributed by atoms with Gasteiger partial charge in [0.25, 0.3) is 5.91 Å². The van der Waals surface area contributed by atoms with Crippen molar-refractivity contribution in [3.8, 4) is 5.69 Å². The molecule has 3 amide bonds. The SMILES string of the molecule is COCCN1CCC(NC(=O)Nc2cc(C(=O)NC(C)C)nn2-c2ccccc2)C1. The van der Waals surface area contributed by atoms with E-state index >= 15 is 0 Å². The van der Waals surface area contributed by atoms with E-state index in [0.717, 1.165) is 31.7 Å². The molecule has 1 aromatic heterocycles. The molecule has 162 valence electrons. The van der Waals surface area contributed by atoms with Crippen molar-refractivity contribution in [3.05, 3.63) is 42.1 Å². The summed E-state index contributed by atoms with van der Waals surface area (Å²) in [4.78, 5) is 27.3. The van der Waals surface area contributed by atoms with Crippen LogP contribution in [-0.2, 0) is 4.74 Å². The Morgan fingerprint density at radius 3 is 2.73 bits per heavy atom. The molecule has 0 spiro atoms. The van der Waals surface area contributed by atoms with E-state index in [-0.39, 0.29) is 29.7 Å². The van der Waals surface area contributed by atoms with E-state index in [9.17, 15) is 9.59 Å². The summed E-state index contributed by atoms with van der Waals surface area (Å²) in [5.74, 6) is 0.148. The van der Waals surface area contributed by atoms with Crippen LogP contribution in [0.2, 0.25) is 0 Å². The average molecular weight is 415 g/mol. The summed E-state index contributed by atoms with van der Waals surface area (Å²) in [7, 11) is 1.69. The molecular weight excluding hydrogens is 384 g/mol. The largest absolute Gasteiger partial charge is 0.383 e. The molecule has 0 saturated carbocycles. The van der Waals surface area contributed by atoms with E-state index in [1.165, 1.54) is 0 Å². The summed E-state index contributed by atoms with van der Waals surface area (Å²) in [6.45, 7) is 7.01. The van der Waals surface area contributed by atoms with E-state index in [2.05, 4.69) is 25.9 Å². The van der Waals surface area contributed by atoms with Gasteiger partial charge in [-0.15, -0.1) is 0 Å². The van der Waals surface area contributed by atoms with Gasteiger partial charge in [0.2, 0.25) is 0 Å². The Morgan fingerprint density at radius 1 is 1.27 bits per heavy atom. The molecular formula is C21H30N6O3. The minimum absolute atomic E-state index is 0.0116. The number of carbonyl (C=O) groups excluding carboxylic acids is 2. The van der Waals surface area contributed by atoms with E-state index in [0.29, 0.717) is 12.4 Å². The van der Waals surface area contributed by atoms with E-state index in [1.54, 1.807) is 17.9 Å². The Hall–Kier alpha value is -2.91. The second kappa shape index (κ2) is 10.2. The maximum atomic E-state index is 12.6. The molecule has 3 rings (SSSR count). The highest BCUT2D eigenvalue weighted by Crippen LogP contribution is 2.18. The third-order valence-corrected chi connectivity index (χ3v) is 4.82. The monoisotopic (exact) mass is 414 g/mol. The summed E-state index contributed by atoms with van der Waals surface area (Å²) < 4.78 is 6.68. The molecule has 1 unspecified atom stereocenters. The quantitative estimate of drug-likeness (QED) is 0.612. The van der Waals surface area contributed by atoms with Crippen molar-refractivity contribution in [1.29, 1.82) is 0 Å². The highest BCUT2D eigenvalue weighted by Gasteiger charge is 2.24. The Bertz CT molecular complexity index is 852. The Balaban J connectivity index is 1.70. The summed E-state index contributed by atoms with van der Waals surface area (Å²) in [6.07, 6.45) is 0.886. The zero-order valence-electron chi connectivity index (χ0n) is 17.7.